The normalized spacial score (nSPS) is 10.3. The van der Waals surface area contributed by atoms with Gasteiger partial charge >= 0.3 is 0 Å². The summed E-state index contributed by atoms with van der Waals surface area (Å²) in [6.07, 6.45) is 1.57. The second-order valence-corrected chi connectivity index (χ2v) is 5.74. The average molecular weight is 333 g/mol. The van der Waals surface area contributed by atoms with Crippen LogP contribution in [0.25, 0.3) is 0 Å². The van der Waals surface area contributed by atoms with Crippen molar-refractivity contribution in [3.8, 4) is 0 Å². The van der Waals surface area contributed by atoms with Crippen LogP contribution in [0, 0.1) is 0 Å². The number of Topliss-reactive ketones (excluding diaryl/α,β-unsaturated/α-hetero) is 1. The number of rotatable bonds is 6. The first-order chi connectivity index (χ1) is 12.1. The molecule has 0 aliphatic carbocycles. The number of hydrogen-bond acceptors (Lipinski definition) is 6. The highest BCUT2D eigenvalue weighted by atomic mass is 16.1. The number of aromatic nitrogens is 3. The summed E-state index contributed by atoms with van der Waals surface area (Å²) in [5.41, 5.74) is 2.68. The van der Waals surface area contributed by atoms with Crippen molar-refractivity contribution >= 4 is 23.2 Å². The van der Waals surface area contributed by atoms with Crippen LogP contribution in [0.2, 0.25) is 0 Å². The summed E-state index contributed by atoms with van der Waals surface area (Å²) in [6, 6.07) is 17.4. The van der Waals surface area contributed by atoms with Gasteiger partial charge in [0.15, 0.2) is 11.6 Å². The zero-order valence-corrected chi connectivity index (χ0v) is 14.2. The molecular formula is C19H19N5O. The third-order valence-electron chi connectivity index (χ3n) is 3.72. The van der Waals surface area contributed by atoms with E-state index in [9.17, 15) is 4.79 Å². The van der Waals surface area contributed by atoms with Crippen molar-refractivity contribution in [2.75, 3.05) is 17.3 Å². The summed E-state index contributed by atoms with van der Waals surface area (Å²) in [6.45, 7) is 2.24. The molecule has 0 amide bonds. The molecule has 2 aromatic carbocycles. The van der Waals surface area contributed by atoms with E-state index in [1.165, 1.54) is 5.56 Å². The molecule has 126 valence electrons. The number of anilines is 3. The highest BCUT2D eigenvalue weighted by molar-refractivity contribution is 5.94. The minimum absolute atomic E-state index is 0.0417. The fourth-order valence-corrected chi connectivity index (χ4v) is 2.38. The van der Waals surface area contributed by atoms with Gasteiger partial charge in [-0.3, -0.25) is 4.79 Å². The molecule has 3 rings (SSSR count). The molecule has 3 aromatic rings. The predicted molar refractivity (Wildman–Crippen MR) is 98.1 cm³/mol. The number of carbonyl (C=O) groups excluding carboxylic acids is 1. The van der Waals surface area contributed by atoms with E-state index < -0.39 is 0 Å². The van der Waals surface area contributed by atoms with Gasteiger partial charge in [-0.15, -0.1) is 5.10 Å². The van der Waals surface area contributed by atoms with Crippen LogP contribution < -0.4 is 10.2 Å². The number of ketones is 1. The SMILES string of the molecule is CC(=O)c1ccc(Nc2cnnc(N(C)Cc3ccccc3)n2)cc1. The summed E-state index contributed by atoms with van der Waals surface area (Å²) < 4.78 is 0. The summed E-state index contributed by atoms with van der Waals surface area (Å²) in [5.74, 6) is 1.18. The van der Waals surface area contributed by atoms with Gasteiger partial charge in [0, 0.05) is 24.8 Å². The highest BCUT2D eigenvalue weighted by Crippen LogP contribution is 2.17. The quantitative estimate of drug-likeness (QED) is 0.697. The van der Waals surface area contributed by atoms with E-state index in [1.807, 2.05) is 42.3 Å². The van der Waals surface area contributed by atoms with Crippen LogP contribution in [0.1, 0.15) is 22.8 Å². The van der Waals surface area contributed by atoms with Gasteiger partial charge in [-0.2, -0.15) is 10.1 Å². The minimum atomic E-state index is 0.0417. The summed E-state index contributed by atoms with van der Waals surface area (Å²) in [5, 5.41) is 11.3. The van der Waals surface area contributed by atoms with E-state index in [1.54, 1.807) is 25.3 Å². The Morgan fingerprint density at radius 1 is 1.08 bits per heavy atom. The first kappa shape index (κ1) is 16.6. The number of carbonyl (C=O) groups is 1. The molecule has 0 radical (unpaired) electrons. The van der Waals surface area contributed by atoms with Crippen molar-refractivity contribution in [3.63, 3.8) is 0 Å². The number of hydrogen-bond donors (Lipinski definition) is 1. The molecule has 25 heavy (non-hydrogen) atoms. The van der Waals surface area contributed by atoms with Crippen LogP contribution in [0.4, 0.5) is 17.5 Å². The lowest BCUT2D eigenvalue weighted by molar-refractivity contribution is 0.101. The van der Waals surface area contributed by atoms with Crippen molar-refractivity contribution in [1.82, 2.24) is 15.2 Å². The Balaban J connectivity index is 1.71. The van der Waals surface area contributed by atoms with Gasteiger partial charge in [0.1, 0.15) is 0 Å². The molecule has 6 nitrogen and oxygen atoms in total. The monoisotopic (exact) mass is 333 g/mol. The first-order valence-electron chi connectivity index (χ1n) is 7.94. The average Bonchev–Trinajstić information content (AvgIpc) is 2.63. The van der Waals surface area contributed by atoms with Gasteiger partial charge in [0.25, 0.3) is 0 Å². The van der Waals surface area contributed by atoms with Crippen LogP contribution in [0.15, 0.2) is 60.8 Å². The van der Waals surface area contributed by atoms with Gasteiger partial charge < -0.3 is 10.2 Å². The zero-order valence-electron chi connectivity index (χ0n) is 14.2. The molecule has 1 aromatic heterocycles. The van der Waals surface area contributed by atoms with Crippen molar-refractivity contribution in [2.45, 2.75) is 13.5 Å². The molecule has 1 N–H and O–H groups in total. The molecule has 0 spiro atoms. The Kier molecular flexibility index (Phi) is 4.99. The maximum atomic E-state index is 11.3. The number of benzene rings is 2. The lowest BCUT2D eigenvalue weighted by atomic mass is 10.1. The van der Waals surface area contributed by atoms with Gasteiger partial charge in [0.2, 0.25) is 5.95 Å². The minimum Gasteiger partial charge on any atom is -0.339 e. The predicted octanol–water partition coefficient (Wildman–Crippen LogP) is 3.45. The third-order valence-corrected chi connectivity index (χ3v) is 3.72. The van der Waals surface area contributed by atoms with Crippen LogP contribution in [-0.4, -0.2) is 28.0 Å². The van der Waals surface area contributed by atoms with Crippen molar-refractivity contribution in [3.05, 3.63) is 71.9 Å². The van der Waals surface area contributed by atoms with Gasteiger partial charge in [-0.1, -0.05) is 30.3 Å². The summed E-state index contributed by atoms with van der Waals surface area (Å²) >= 11 is 0. The maximum absolute atomic E-state index is 11.3. The molecule has 0 saturated heterocycles. The van der Waals surface area contributed by atoms with Crippen molar-refractivity contribution < 1.29 is 4.79 Å². The van der Waals surface area contributed by atoms with Crippen molar-refractivity contribution in [1.29, 1.82) is 0 Å². The van der Waals surface area contributed by atoms with Crippen LogP contribution in [0.5, 0.6) is 0 Å². The largest absolute Gasteiger partial charge is 0.339 e. The van der Waals surface area contributed by atoms with E-state index in [-0.39, 0.29) is 5.78 Å². The Morgan fingerprint density at radius 2 is 1.80 bits per heavy atom. The maximum Gasteiger partial charge on any atom is 0.247 e. The fraction of sp³-hybridized carbons (Fsp3) is 0.158. The topological polar surface area (TPSA) is 71.0 Å². The fourth-order valence-electron chi connectivity index (χ4n) is 2.38. The number of nitrogens with one attached hydrogen (secondary N) is 1. The van der Waals surface area contributed by atoms with E-state index in [2.05, 4.69) is 32.6 Å². The standard InChI is InChI=1S/C19H19N5O/c1-14(25)16-8-10-17(11-9-16)21-18-12-20-23-19(22-18)24(2)13-15-6-4-3-5-7-15/h3-12H,13H2,1-2H3,(H,21,22,23). The summed E-state index contributed by atoms with van der Waals surface area (Å²) in [7, 11) is 1.93. The van der Waals surface area contributed by atoms with E-state index in [0.717, 1.165) is 5.69 Å². The smallest absolute Gasteiger partial charge is 0.247 e. The second-order valence-electron chi connectivity index (χ2n) is 5.74. The second kappa shape index (κ2) is 7.53. The molecular weight excluding hydrogens is 314 g/mol. The molecule has 0 unspecified atom stereocenters. The lowest BCUT2D eigenvalue weighted by Gasteiger charge is -2.17. The molecule has 0 atom stereocenters. The molecule has 0 saturated carbocycles. The first-order valence-corrected chi connectivity index (χ1v) is 7.94. The molecule has 0 fully saturated rings. The highest BCUT2D eigenvalue weighted by Gasteiger charge is 2.08. The summed E-state index contributed by atoms with van der Waals surface area (Å²) in [4.78, 5) is 17.8. The number of nitrogens with zero attached hydrogens (tertiary/aromatic N) is 4. The van der Waals surface area contributed by atoms with Crippen LogP contribution in [-0.2, 0) is 6.54 Å². The lowest BCUT2D eigenvalue weighted by Crippen LogP contribution is -2.19. The zero-order chi connectivity index (χ0) is 17.6. The van der Waals surface area contributed by atoms with E-state index >= 15 is 0 Å². The molecule has 1 heterocycles. The van der Waals surface area contributed by atoms with Crippen LogP contribution in [0.3, 0.4) is 0 Å². The van der Waals surface area contributed by atoms with Gasteiger partial charge in [0.05, 0.1) is 6.20 Å². The molecule has 0 aliphatic rings. The van der Waals surface area contributed by atoms with E-state index in [4.69, 9.17) is 0 Å². The van der Waals surface area contributed by atoms with Gasteiger partial charge in [-0.05, 0) is 36.8 Å². The van der Waals surface area contributed by atoms with Crippen LogP contribution >= 0.6 is 0 Å². The van der Waals surface area contributed by atoms with Crippen molar-refractivity contribution in [2.24, 2.45) is 0 Å². The molecule has 6 heteroatoms. The van der Waals surface area contributed by atoms with Gasteiger partial charge in [-0.25, -0.2) is 0 Å². The Morgan fingerprint density at radius 3 is 2.48 bits per heavy atom. The molecule has 0 bridgehead atoms. The Labute approximate surface area is 146 Å². The van der Waals surface area contributed by atoms with E-state index in [0.29, 0.717) is 23.9 Å². The molecule has 0 aliphatic heterocycles. The third kappa shape index (κ3) is 4.38. The Hall–Kier alpha value is -3.28. The Bertz CT molecular complexity index is 849.